The number of rotatable bonds is 5. The molecular weight excluding hydrogens is 313 g/mol. The number of phenols is 1. The zero-order valence-corrected chi connectivity index (χ0v) is 17.0. The van der Waals surface area contributed by atoms with Crippen molar-refractivity contribution < 1.29 is 5.11 Å². The summed E-state index contributed by atoms with van der Waals surface area (Å²) in [6, 6.07) is 10.9. The molecule has 0 aliphatic heterocycles. The van der Waals surface area contributed by atoms with Crippen LogP contribution in [0, 0.1) is 20.8 Å². The van der Waals surface area contributed by atoms with Gasteiger partial charge in [-0.25, -0.2) is 0 Å². The van der Waals surface area contributed by atoms with Gasteiger partial charge < -0.3 is 10.0 Å². The van der Waals surface area contributed by atoms with Crippen LogP contribution in [0.1, 0.15) is 41.7 Å². The van der Waals surface area contributed by atoms with E-state index in [4.69, 9.17) is 0 Å². The standard InChI is InChI=1S/C21H30NOP/c1-14-8-9-19(17(11-14)13-22(6)7)24-21(4,5)18-12-15(2)10-16(3)20(18)23/h8-12,23-24H,13H2,1-7H3. The van der Waals surface area contributed by atoms with Gasteiger partial charge in [0, 0.05) is 17.3 Å². The van der Waals surface area contributed by atoms with E-state index in [1.165, 1.54) is 22.0 Å². The van der Waals surface area contributed by atoms with Crippen LogP contribution >= 0.6 is 8.58 Å². The van der Waals surface area contributed by atoms with Crippen molar-refractivity contribution in [3.8, 4) is 5.75 Å². The van der Waals surface area contributed by atoms with Crippen molar-refractivity contribution in [2.45, 2.75) is 46.3 Å². The number of hydrogen-bond acceptors (Lipinski definition) is 2. The summed E-state index contributed by atoms with van der Waals surface area (Å²) in [5.41, 5.74) is 5.90. The molecule has 2 aromatic carbocycles. The summed E-state index contributed by atoms with van der Waals surface area (Å²) in [6.45, 7) is 11.6. The van der Waals surface area contributed by atoms with Gasteiger partial charge in [-0.05, 0) is 51.3 Å². The number of benzene rings is 2. The topological polar surface area (TPSA) is 23.5 Å². The van der Waals surface area contributed by atoms with Crippen LogP contribution in [0.5, 0.6) is 5.75 Å². The third-order valence-electron chi connectivity index (χ3n) is 4.31. The van der Waals surface area contributed by atoms with Crippen LogP contribution in [-0.4, -0.2) is 24.1 Å². The molecule has 24 heavy (non-hydrogen) atoms. The zero-order valence-electron chi connectivity index (χ0n) is 16.0. The van der Waals surface area contributed by atoms with Crippen LogP contribution in [0.2, 0.25) is 0 Å². The van der Waals surface area contributed by atoms with Crippen LogP contribution < -0.4 is 5.30 Å². The van der Waals surface area contributed by atoms with Crippen molar-refractivity contribution in [2.24, 2.45) is 0 Å². The molecule has 1 unspecified atom stereocenters. The lowest BCUT2D eigenvalue weighted by Gasteiger charge is -2.29. The Morgan fingerprint density at radius 1 is 1.00 bits per heavy atom. The van der Waals surface area contributed by atoms with Crippen molar-refractivity contribution in [1.82, 2.24) is 4.90 Å². The smallest absolute Gasteiger partial charge is 0.122 e. The first-order valence-electron chi connectivity index (χ1n) is 8.43. The van der Waals surface area contributed by atoms with Crippen molar-refractivity contribution in [2.75, 3.05) is 14.1 Å². The van der Waals surface area contributed by atoms with Gasteiger partial charge in [0.15, 0.2) is 0 Å². The summed E-state index contributed by atoms with van der Waals surface area (Å²) < 4.78 is 0. The highest BCUT2D eigenvalue weighted by Gasteiger charge is 2.26. The Labute approximate surface area is 148 Å². The Morgan fingerprint density at radius 2 is 1.67 bits per heavy atom. The Kier molecular flexibility index (Phi) is 5.73. The molecule has 0 amide bonds. The van der Waals surface area contributed by atoms with E-state index in [1.54, 1.807) is 0 Å². The summed E-state index contributed by atoms with van der Waals surface area (Å²) in [6.07, 6.45) is 0. The van der Waals surface area contributed by atoms with E-state index >= 15 is 0 Å². The SMILES string of the molecule is Cc1ccc(PC(C)(C)c2cc(C)cc(C)c2O)c(CN(C)C)c1. The Bertz CT molecular complexity index is 735. The number of aryl methyl sites for hydroxylation is 3. The Hall–Kier alpha value is -1.37. The molecule has 3 heteroatoms. The van der Waals surface area contributed by atoms with E-state index in [-0.39, 0.29) is 5.16 Å². The molecule has 1 atom stereocenters. The van der Waals surface area contributed by atoms with E-state index in [9.17, 15) is 5.11 Å². The summed E-state index contributed by atoms with van der Waals surface area (Å²) in [4.78, 5) is 2.21. The van der Waals surface area contributed by atoms with Gasteiger partial charge in [0.25, 0.3) is 0 Å². The molecule has 2 aromatic rings. The molecule has 0 aromatic heterocycles. The minimum atomic E-state index is -0.100. The fourth-order valence-corrected chi connectivity index (χ4v) is 4.63. The molecule has 0 radical (unpaired) electrons. The first kappa shape index (κ1) is 19.0. The maximum absolute atomic E-state index is 10.6. The molecule has 0 aliphatic carbocycles. The van der Waals surface area contributed by atoms with Crippen LogP contribution in [0.4, 0.5) is 0 Å². The molecule has 0 bridgehead atoms. The number of nitrogens with zero attached hydrogens (tertiary/aromatic N) is 1. The normalized spacial score (nSPS) is 12.5. The van der Waals surface area contributed by atoms with Crippen molar-refractivity contribution in [3.63, 3.8) is 0 Å². The summed E-state index contributed by atoms with van der Waals surface area (Å²) >= 11 is 0. The van der Waals surface area contributed by atoms with E-state index < -0.39 is 0 Å². The fraction of sp³-hybridized carbons (Fsp3) is 0.429. The maximum atomic E-state index is 10.6. The van der Waals surface area contributed by atoms with Crippen molar-refractivity contribution >= 4 is 13.9 Å². The highest BCUT2D eigenvalue weighted by molar-refractivity contribution is 7.48. The summed E-state index contributed by atoms with van der Waals surface area (Å²) in [5, 5.41) is 11.9. The zero-order chi connectivity index (χ0) is 18.1. The molecule has 2 nitrogen and oxygen atoms in total. The predicted octanol–water partition coefficient (Wildman–Crippen LogP) is 4.62. The first-order valence-corrected chi connectivity index (χ1v) is 9.43. The summed E-state index contributed by atoms with van der Waals surface area (Å²) in [7, 11) is 4.82. The van der Waals surface area contributed by atoms with Gasteiger partial charge >= 0.3 is 0 Å². The number of hydrogen-bond donors (Lipinski definition) is 1. The summed E-state index contributed by atoms with van der Waals surface area (Å²) in [5.74, 6) is 0.444. The molecule has 0 spiro atoms. The fourth-order valence-electron chi connectivity index (χ4n) is 3.16. The predicted molar refractivity (Wildman–Crippen MR) is 107 cm³/mol. The highest BCUT2D eigenvalue weighted by atomic mass is 31.1. The van der Waals surface area contributed by atoms with Gasteiger partial charge in [-0.2, -0.15) is 0 Å². The monoisotopic (exact) mass is 343 g/mol. The molecular formula is C21H30NOP. The lowest BCUT2D eigenvalue weighted by Crippen LogP contribution is -2.21. The van der Waals surface area contributed by atoms with E-state index in [1.807, 2.05) is 13.0 Å². The average molecular weight is 343 g/mol. The maximum Gasteiger partial charge on any atom is 0.122 e. The second kappa shape index (κ2) is 7.25. The van der Waals surface area contributed by atoms with Gasteiger partial charge in [0.2, 0.25) is 0 Å². The van der Waals surface area contributed by atoms with Gasteiger partial charge in [-0.15, -0.1) is 0 Å². The molecule has 130 valence electrons. The third kappa shape index (κ3) is 4.37. The molecule has 0 saturated carbocycles. The van der Waals surface area contributed by atoms with Gasteiger partial charge in [-0.1, -0.05) is 63.9 Å². The largest absolute Gasteiger partial charge is 0.507 e. The second-order valence-electron chi connectivity index (χ2n) is 7.63. The van der Waals surface area contributed by atoms with Crippen LogP contribution in [0.25, 0.3) is 0 Å². The van der Waals surface area contributed by atoms with Crippen LogP contribution in [0.3, 0.4) is 0 Å². The number of aromatic hydroxyl groups is 1. The minimum absolute atomic E-state index is 0.100. The Morgan fingerprint density at radius 3 is 2.29 bits per heavy atom. The van der Waals surface area contributed by atoms with Crippen LogP contribution in [0.15, 0.2) is 30.3 Å². The number of phenolic OH excluding ortho intramolecular Hbond substituents is 1. The van der Waals surface area contributed by atoms with Crippen molar-refractivity contribution in [1.29, 1.82) is 0 Å². The van der Waals surface area contributed by atoms with Gasteiger partial charge in [0.05, 0.1) is 0 Å². The quantitative estimate of drug-likeness (QED) is 0.801. The Balaban J connectivity index is 2.43. The molecule has 0 fully saturated rings. The molecule has 1 N–H and O–H groups in total. The van der Waals surface area contributed by atoms with E-state index in [0.29, 0.717) is 14.3 Å². The van der Waals surface area contributed by atoms with Crippen molar-refractivity contribution in [3.05, 3.63) is 58.1 Å². The molecule has 0 heterocycles. The van der Waals surface area contributed by atoms with Gasteiger partial charge in [-0.3, -0.25) is 0 Å². The lowest BCUT2D eigenvalue weighted by molar-refractivity contribution is 0.403. The molecule has 0 aliphatic rings. The lowest BCUT2D eigenvalue weighted by atomic mass is 9.96. The highest BCUT2D eigenvalue weighted by Crippen LogP contribution is 2.45. The van der Waals surface area contributed by atoms with Crippen LogP contribution in [-0.2, 0) is 11.7 Å². The molecule has 0 saturated heterocycles. The minimum Gasteiger partial charge on any atom is -0.507 e. The molecule has 2 rings (SSSR count). The first-order chi connectivity index (χ1) is 11.1. The third-order valence-corrected chi connectivity index (χ3v) is 5.96. The second-order valence-corrected chi connectivity index (χ2v) is 9.67. The average Bonchev–Trinajstić information content (AvgIpc) is 2.45. The van der Waals surface area contributed by atoms with Gasteiger partial charge in [0.1, 0.15) is 5.75 Å². The van der Waals surface area contributed by atoms with E-state index in [0.717, 1.165) is 17.7 Å². The van der Waals surface area contributed by atoms with E-state index in [2.05, 4.69) is 71.0 Å².